The lowest BCUT2D eigenvalue weighted by molar-refractivity contribution is -0.0957. The third kappa shape index (κ3) is 3.51. The number of benzene rings is 1. The zero-order chi connectivity index (χ0) is 17.3. The molecule has 25 heavy (non-hydrogen) atoms. The second kappa shape index (κ2) is 7.16. The lowest BCUT2D eigenvalue weighted by Gasteiger charge is -2.48. The summed E-state index contributed by atoms with van der Waals surface area (Å²) in [5.74, 6) is 0. The number of thiazole rings is 1. The van der Waals surface area contributed by atoms with E-state index in [-0.39, 0.29) is 6.04 Å². The molecule has 5 heteroatoms. The molecule has 2 aliphatic heterocycles. The van der Waals surface area contributed by atoms with Crippen LogP contribution in [0.15, 0.2) is 36.5 Å². The van der Waals surface area contributed by atoms with Crippen LogP contribution in [0.4, 0.5) is 0 Å². The Kier molecular flexibility index (Phi) is 4.91. The van der Waals surface area contributed by atoms with E-state index in [1.54, 1.807) is 11.3 Å². The summed E-state index contributed by atoms with van der Waals surface area (Å²) >= 11 is 1.78. The quantitative estimate of drug-likeness (QED) is 0.913. The molecule has 2 saturated heterocycles. The average molecular weight is 358 g/mol. The van der Waals surface area contributed by atoms with Gasteiger partial charge < -0.3 is 5.11 Å². The van der Waals surface area contributed by atoms with Crippen molar-refractivity contribution in [3.05, 3.63) is 52.0 Å². The number of piperidine rings is 1. The van der Waals surface area contributed by atoms with Crippen LogP contribution in [0.2, 0.25) is 0 Å². The third-order valence-electron chi connectivity index (χ3n) is 5.70. The first-order valence-corrected chi connectivity index (χ1v) is 10.1. The van der Waals surface area contributed by atoms with Gasteiger partial charge in [0, 0.05) is 30.7 Å². The Balaban J connectivity index is 1.57. The number of aromatic nitrogens is 1. The van der Waals surface area contributed by atoms with E-state index in [9.17, 15) is 5.11 Å². The summed E-state index contributed by atoms with van der Waals surface area (Å²) in [7, 11) is 0. The molecule has 134 valence electrons. The first-order valence-electron chi connectivity index (χ1n) is 9.31. The fourth-order valence-corrected chi connectivity index (χ4v) is 5.20. The average Bonchev–Trinajstić information content (AvgIpc) is 3.29. The van der Waals surface area contributed by atoms with E-state index in [4.69, 9.17) is 0 Å². The molecule has 2 fully saturated rings. The summed E-state index contributed by atoms with van der Waals surface area (Å²) in [5.41, 5.74) is 0.325. The minimum absolute atomic E-state index is 0.167. The normalized spacial score (nSPS) is 28.5. The predicted octanol–water partition coefficient (Wildman–Crippen LogP) is 3.01. The summed E-state index contributed by atoms with van der Waals surface area (Å²) in [4.78, 5) is 10.7. The van der Waals surface area contributed by atoms with Crippen molar-refractivity contribution >= 4 is 11.3 Å². The summed E-state index contributed by atoms with van der Waals surface area (Å²) in [6.07, 6.45) is 5.28. The Bertz CT molecular complexity index is 698. The van der Waals surface area contributed by atoms with Crippen molar-refractivity contribution in [2.24, 2.45) is 0 Å². The molecule has 4 nitrogen and oxygen atoms in total. The number of aliphatic hydroxyl groups is 1. The molecule has 3 heterocycles. The molecule has 0 bridgehead atoms. The number of hydrogen-bond acceptors (Lipinski definition) is 5. The molecule has 2 aliphatic rings. The van der Waals surface area contributed by atoms with Crippen molar-refractivity contribution in [2.75, 3.05) is 26.2 Å². The molecule has 1 N–H and O–H groups in total. The van der Waals surface area contributed by atoms with E-state index in [2.05, 4.69) is 33.8 Å². The summed E-state index contributed by atoms with van der Waals surface area (Å²) in [5, 5.41) is 12.8. The van der Waals surface area contributed by atoms with E-state index in [0.29, 0.717) is 0 Å². The van der Waals surface area contributed by atoms with Gasteiger partial charge in [-0.05, 0) is 44.8 Å². The zero-order valence-electron chi connectivity index (χ0n) is 14.9. The van der Waals surface area contributed by atoms with Crippen LogP contribution in [0, 0.1) is 6.92 Å². The maximum absolute atomic E-state index is 11.7. The number of likely N-dealkylation sites (tertiary alicyclic amines) is 2. The molecule has 0 unspecified atom stereocenters. The molecule has 1 aromatic carbocycles. The van der Waals surface area contributed by atoms with E-state index in [0.717, 1.165) is 49.7 Å². The van der Waals surface area contributed by atoms with Gasteiger partial charge in [-0.15, -0.1) is 11.3 Å². The minimum Gasteiger partial charge on any atom is -0.383 e. The highest BCUT2D eigenvalue weighted by Crippen LogP contribution is 2.37. The van der Waals surface area contributed by atoms with Crippen molar-refractivity contribution in [1.29, 1.82) is 0 Å². The molecule has 0 amide bonds. The van der Waals surface area contributed by atoms with Crippen LogP contribution in [0.25, 0.3) is 0 Å². The first kappa shape index (κ1) is 17.2. The second-order valence-corrected chi connectivity index (χ2v) is 8.70. The summed E-state index contributed by atoms with van der Waals surface area (Å²) in [6, 6.07) is 10.5. The van der Waals surface area contributed by atoms with Crippen LogP contribution in [0.1, 0.15) is 34.7 Å². The van der Waals surface area contributed by atoms with Gasteiger partial charge in [-0.25, -0.2) is 4.98 Å². The highest BCUT2D eigenvalue weighted by atomic mass is 32.1. The maximum Gasteiger partial charge on any atom is 0.108 e. The van der Waals surface area contributed by atoms with Crippen LogP contribution in [0.3, 0.4) is 0 Å². The van der Waals surface area contributed by atoms with Gasteiger partial charge in [0.15, 0.2) is 0 Å². The van der Waals surface area contributed by atoms with Gasteiger partial charge >= 0.3 is 0 Å². The molecule has 4 rings (SSSR count). The third-order valence-corrected chi connectivity index (χ3v) is 6.59. The highest BCUT2D eigenvalue weighted by Gasteiger charge is 2.46. The van der Waals surface area contributed by atoms with Crippen LogP contribution in [-0.2, 0) is 12.1 Å². The molecule has 0 aliphatic carbocycles. The van der Waals surface area contributed by atoms with Crippen molar-refractivity contribution in [2.45, 2.75) is 44.4 Å². The van der Waals surface area contributed by atoms with Crippen LogP contribution in [-0.4, -0.2) is 52.1 Å². The molecular weight excluding hydrogens is 330 g/mol. The second-order valence-electron chi connectivity index (χ2n) is 7.38. The SMILES string of the molecule is Cc1ncc(CN2CC[C@](O)(c3ccccc3)[C@H](N3CCCC3)C2)s1. The van der Waals surface area contributed by atoms with Gasteiger partial charge in [0.25, 0.3) is 0 Å². The number of rotatable bonds is 4. The predicted molar refractivity (Wildman–Crippen MR) is 102 cm³/mol. The van der Waals surface area contributed by atoms with Gasteiger partial charge in [0.1, 0.15) is 5.60 Å². The Labute approximate surface area is 154 Å². The van der Waals surface area contributed by atoms with Gasteiger partial charge in [-0.1, -0.05) is 30.3 Å². The number of nitrogens with zero attached hydrogens (tertiary/aromatic N) is 3. The maximum atomic E-state index is 11.7. The smallest absolute Gasteiger partial charge is 0.108 e. The molecule has 0 radical (unpaired) electrons. The molecule has 0 saturated carbocycles. The number of hydrogen-bond donors (Lipinski definition) is 1. The van der Waals surface area contributed by atoms with Gasteiger partial charge in [-0.3, -0.25) is 9.80 Å². The van der Waals surface area contributed by atoms with Crippen LogP contribution in [0.5, 0.6) is 0 Å². The lowest BCUT2D eigenvalue weighted by atomic mass is 9.79. The van der Waals surface area contributed by atoms with Crippen molar-refractivity contribution < 1.29 is 5.11 Å². The van der Waals surface area contributed by atoms with Gasteiger partial charge in [0.05, 0.1) is 11.0 Å². The fraction of sp³-hybridized carbons (Fsp3) is 0.550. The van der Waals surface area contributed by atoms with E-state index >= 15 is 0 Å². The zero-order valence-corrected chi connectivity index (χ0v) is 15.7. The van der Waals surface area contributed by atoms with E-state index in [1.165, 1.54) is 17.7 Å². The highest BCUT2D eigenvalue weighted by molar-refractivity contribution is 7.11. The van der Waals surface area contributed by atoms with Crippen molar-refractivity contribution in [1.82, 2.24) is 14.8 Å². The molecule has 0 spiro atoms. The molecule has 2 aromatic rings. The lowest BCUT2D eigenvalue weighted by Crippen LogP contribution is -2.59. The first-order chi connectivity index (χ1) is 12.1. The Morgan fingerprint density at radius 1 is 1.20 bits per heavy atom. The van der Waals surface area contributed by atoms with Gasteiger partial charge in [-0.2, -0.15) is 0 Å². The topological polar surface area (TPSA) is 39.6 Å². The standard InChI is InChI=1S/C20H27N3OS/c1-16-21-13-18(25-16)14-22-12-9-20(24,17-7-3-2-4-8-17)19(15-22)23-10-5-6-11-23/h2-4,7-8,13,19,24H,5-6,9-12,14-15H2,1H3/t19-,20+/m1/s1. The van der Waals surface area contributed by atoms with Crippen LogP contribution < -0.4 is 0 Å². The Morgan fingerprint density at radius 2 is 1.96 bits per heavy atom. The van der Waals surface area contributed by atoms with E-state index < -0.39 is 5.60 Å². The monoisotopic (exact) mass is 357 g/mol. The van der Waals surface area contributed by atoms with E-state index in [1.807, 2.05) is 24.4 Å². The van der Waals surface area contributed by atoms with Gasteiger partial charge in [0.2, 0.25) is 0 Å². The molecular formula is C20H27N3OS. The fourth-order valence-electron chi connectivity index (χ4n) is 4.36. The van der Waals surface area contributed by atoms with Crippen molar-refractivity contribution in [3.63, 3.8) is 0 Å². The summed E-state index contributed by atoms with van der Waals surface area (Å²) in [6.45, 7) is 7.06. The Morgan fingerprint density at radius 3 is 2.64 bits per heavy atom. The molecule has 2 atom stereocenters. The summed E-state index contributed by atoms with van der Waals surface area (Å²) < 4.78 is 0. The van der Waals surface area contributed by atoms with Crippen LogP contribution >= 0.6 is 11.3 Å². The van der Waals surface area contributed by atoms with Crippen molar-refractivity contribution in [3.8, 4) is 0 Å². The number of aryl methyl sites for hydroxylation is 1. The Hall–Kier alpha value is -1.27. The molecule has 1 aromatic heterocycles. The minimum atomic E-state index is -0.744. The largest absolute Gasteiger partial charge is 0.383 e.